The summed E-state index contributed by atoms with van der Waals surface area (Å²) in [5, 5.41) is 0. The number of anilines is 1. The second-order valence-electron chi connectivity index (χ2n) is 8.72. The highest BCUT2D eigenvalue weighted by atomic mass is 127. The average Bonchev–Trinajstić information content (AvgIpc) is 3.25. The molecule has 0 aromatic carbocycles. The molecule has 10 heteroatoms. The zero-order chi connectivity index (χ0) is 21.3. The molecule has 4 rings (SSSR count). The first-order chi connectivity index (χ1) is 14.3. The maximum absolute atomic E-state index is 12.3. The zero-order valence-electron chi connectivity index (χ0n) is 17.7. The molecule has 1 N–H and O–H groups in total. The minimum atomic E-state index is -0.938. The van der Waals surface area contributed by atoms with Crippen molar-refractivity contribution in [2.45, 2.75) is 30.6 Å². The lowest BCUT2D eigenvalue weighted by Crippen LogP contribution is -2.42. The molecule has 1 amide bonds. The SMILES string of the molecule is CC(C)COC(C)(I)ONC(=O)c1cnc(N2CC3C(C2)C3N2CCOCC2)nc1. The maximum Gasteiger partial charge on any atom is 0.278 e. The standard InChI is InChI=1S/C20H30IN5O4/c1-13(2)12-29-20(3,21)30-24-18(27)14-8-22-19(23-9-14)26-10-15-16(11-26)17(15)25-4-6-28-7-5-25/h8-9,13,15-17H,4-7,10-12H2,1-3H3,(H,24,27). The highest BCUT2D eigenvalue weighted by Gasteiger charge is 2.58. The van der Waals surface area contributed by atoms with Crippen LogP contribution in [-0.2, 0) is 14.3 Å². The first-order valence-electron chi connectivity index (χ1n) is 10.5. The number of morpholine rings is 1. The molecule has 1 saturated carbocycles. The van der Waals surface area contributed by atoms with Gasteiger partial charge in [-0.25, -0.2) is 20.3 Å². The van der Waals surface area contributed by atoms with Crippen LogP contribution in [0.5, 0.6) is 0 Å². The Hall–Kier alpha value is -1.08. The van der Waals surface area contributed by atoms with Crippen molar-refractivity contribution in [1.82, 2.24) is 20.3 Å². The smallest absolute Gasteiger partial charge is 0.278 e. The van der Waals surface area contributed by atoms with Gasteiger partial charge in [-0.2, -0.15) is 0 Å². The van der Waals surface area contributed by atoms with Crippen molar-refractivity contribution < 1.29 is 19.1 Å². The summed E-state index contributed by atoms with van der Waals surface area (Å²) < 4.78 is 10.2. The predicted molar refractivity (Wildman–Crippen MR) is 119 cm³/mol. The normalized spacial score (nSPS) is 28.3. The fraction of sp³-hybridized carbons (Fsp3) is 0.750. The monoisotopic (exact) mass is 531 g/mol. The Morgan fingerprint density at radius 1 is 1.30 bits per heavy atom. The number of piperidine rings is 1. The van der Waals surface area contributed by atoms with E-state index in [2.05, 4.69) is 39.1 Å². The molecular formula is C20H30IN5O4. The van der Waals surface area contributed by atoms with Crippen molar-refractivity contribution in [3.63, 3.8) is 0 Å². The van der Waals surface area contributed by atoms with Gasteiger partial charge in [-0.1, -0.05) is 13.8 Å². The van der Waals surface area contributed by atoms with Gasteiger partial charge in [0.05, 0.1) is 25.4 Å². The van der Waals surface area contributed by atoms with E-state index in [1.165, 1.54) is 0 Å². The molecule has 0 spiro atoms. The largest absolute Gasteiger partial charge is 0.379 e. The summed E-state index contributed by atoms with van der Waals surface area (Å²) in [7, 11) is 0. The topological polar surface area (TPSA) is 89.1 Å². The van der Waals surface area contributed by atoms with Gasteiger partial charge in [0.15, 0.2) is 0 Å². The number of carbonyl (C=O) groups excluding carboxylic acids is 1. The Morgan fingerprint density at radius 2 is 1.93 bits per heavy atom. The summed E-state index contributed by atoms with van der Waals surface area (Å²) in [6.45, 7) is 12.1. The number of nitrogens with one attached hydrogen (secondary N) is 1. The number of halogens is 1. The molecule has 2 saturated heterocycles. The van der Waals surface area contributed by atoms with Crippen LogP contribution < -0.4 is 10.4 Å². The summed E-state index contributed by atoms with van der Waals surface area (Å²) in [6.07, 6.45) is 3.09. The van der Waals surface area contributed by atoms with Gasteiger partial charge in [-0.05, 0) is 40.3 Å². The quantitative estimate of drug-likeness (QED) is 0.235. The minimum Gasteiger partial charge on any atom is -0.379 e. The van der Waals surface area contributed by atoms with E-state index in [0.717, 1.165) is 39.4 Å². The highest BCUT2D eigenvalue weighted by Crippen LogP contribution is 2.49. The van der Waals surface area contributed by atoms with Gasteiger partial charge in [-0.3, -0.25) is 9.69 Å². The Bertz CT molecular complexity index is 729. The molecule has 1 aromatic rings. The number of hydrogen-bond donors (Lipinski definition) is 1. The highest BCUT2D eigenvalue weighted by molar-refractivity contribution is 14.1. The lowest BCUT2D eigenvalue weighted by molar-refractivity contribution is -0.177. The molecule has 0 bridgehead atoms. The number of amides is 1. The second kappa shape index (κ2) is 9.19. The maximum atomic E-state index is 12.3. The third-order valence-corrected chi connectivity index (χ3v) is 6.33. The predicted octanol–water partition coefficient (Wildman–Crippen LogP) is 1.69. The number of hydroxylamine groups is 1. The van der Waals surface area contributed by atoms with Crippen LogP contribution in [-0.4, -0.2) is 76.6 Å². The van der Waals surface area contributed by atoms with Crippen molar-refractivity contribution in [3.05, 3.63) is 18.0 Å². The number of ether oxygens (including phenoxy) is 2. The van der Waals surface area contributed by atoms with Gasteiger partial charge >= 0.3 is 0 Å². The molecule has 2 aliphatic heterocycles. The summed E-state index contributed by atoms with van der Waals surface area (Å²) in [6, 6.07) is 0.688. The van der Waals surface area contributed by atoms with E-state index < -0.39 is 9.70 Å². The molecule has 1 aliphatic carbocycles. The van der Waals surface area contributed by atoms with Crippen LogP contribution in [0.3, 0.4) is 0 Å². The summed E-state index contributed by atoms with van der Waals surface area (Å²) in [5.74, 6) is 2.04. The van der Waals surface area contributed by atoms with Crippen molar-refractivity contribution in [3.8, 4) is 0 Å². The van der Waals surface area contributed by atoms with Crippen LogP contribution in [0.4, 0.5) is 5.95 Å². The Morgan fingerprint density at radius 3 is 2.53 bits per heavy atom. The molecule has 9 nitrogen and oxygen atoms in total. The minimum absolute atomic E-state index is 0.352. The van der Waals surface area contributed by atoms with E-state index in [-0.39, 0.29) is 0 Å². The van der Waals surface area contributed by atoms with Gasteiger partial charge in [0.2, 0.25) is 9.74 Å². The Kier molecular flexibility index (Phi) is 6.78. The van der Waals surface area contributed by atoms with Crippen LogP contribution in [0.25, 0.3) is 0 Å². The number of alkyl halides is 1. The molecule has 3 unspecified atom stereocenters. The zero-order valence-corrected chi connectivity index (χ0v) is 19.9. The van der Waals surface area contributed by atoms with Gasteiger partial charge in [0.1, 0.15) is 0 Å². The third kappa shape index (κ3) is 5.21. The van der Waals surface area contributed by atoms with Crippen LogP contribution in [0.15, 0.2) is 12.4 Å². The van der Waals surface area contributed by atoms with E-state index in [1.54, 1.807) is 19.3 Å². The molecule has 1 aromatic heterocycles. The van der Waals surface area contributed by atoms with Crippen molar-refractivity contribution >= 4 is 34.4 Å². The fourth-order valence-corrected chi connectivity index (χ4v) is 4.51. The van der Waals surface area contributed by atoms with Gasteiger partial charge < -0.3 is 14.4 Å². The van der Waals surface area contributed by atoms with E-state index in [9.17, 15) is 4.79 Å². The van der Waals surface area contributed by atoms with E-state index in [4.69, 9.17) is 14.3 Å². The fourth-order valence-electron chi connectivity index (χ4n) is 4.22. The number of nitrogens with zero attached hydrogens (tertiary/aromatic N) is 4. The molecule has 30 heavy (non-hydrogen) atoms. The number of aromatic nitrogens is 2. The van der Waals surface area contributed by atoms with Crippen LogP contribution in [0.2, 0.25) is 0 Å². The Balaban J connectivity index is 1.24. The summed E-state index contributed by atoms with van der Waals surface area (Å²) in [4.78, 5) is 31.3. The van der Waals surface area contributed by atoms with E-state index in [1.807, 2.05) is 22.6 Å². The summed E-state index contributed by atoms with van der Waals surface area (Å²) >= 11 is 2.01. The van der Waals surface area contributed by atoms with Gasteiger partial charge in [-0.15, -0.1) is 0 Å². The van der Waals surface area contributed by atoms with Crippen LogP contribution in [0.1, 0.15) is 31.1 Å². The molecule has 3 aliphatic rings. The van der Waals surface area contributed by atoms with Crippen LogP contribution >= 0.6 is 22.6 Å². The molecule has 3 atom stereocenters. The second-order valence-corrected chi connectivity index (χ2v) is 10.7. The molecular weight excluding hydrogens is 501 g/mol. The number of hydrogen-bond acceptors (Lipinski definition) is 8. The summed E-state index contributed by atoms with van der Waals surface area (Å²) in [5.41, 5.74) is 2.78. The molecule has 166 valence electrons. The lowest BCUT2D eigenvalue weighted by atomic mass is 10.2. The first kappa shape index (κ1) is 22.1. The van der Waals surface area contributed by atoms with Crippen molar-refractivity contribution in [2.75, 3.05) is 50.9 Å². The number of rotatable bonds is 8. The number of carbonyl (C=O) groups is 1. The van der Waals surface area contributed by atoms with Gasteiger partial charge in [0, 0.05) is 51.5 Å². The lowest BCUT2D eigenvalue weighted by Gasteiger charge is -2.30. The van der Waals surface area contributed by atoms with Crippen molar-refractivity contribution in [2.24, 2.45) is 17.8 Å². The third-order valence-electron chi connectivity index (χ3n) is 5.80. The number of fused-ring (bicyclic) bond motifs is 1. The molecule has 3 heterocycles. The Labute approximate surface area is 190 Å². The van der Waals surface area contributed by atoms with Crippen molar-refractivity contribution in [1.29, 1.82) is 0 Å². The van der Waals surface area contributed by atoms with E-state index in [0.29, 0.717) is 41.9 Å². The molecule has 3 fully saturated rings. The molecule has 0 radical (unpaired) electrons. The van der Waals surface area contributed by atoms with Crippen LogP contribution in [0, 0.1) is 17.8 Å². The average molecular weight is 531 g/mol. The first-order valence-corrected chi connectivity index (χ1v) is 11.6. The van der Waals surface area contributed by atoms with Gasteiger partial charge in [0.25, 0.3) is 5.91 Å². The van der Waals surface area contributed by atoms with E-state index >= 15 is 0 Å².